The van der Waals surface area contributed by atoms with E-state index in [-0.39, 0.29) is 39.6 Å². The normalized spacial score (nSPS) is 11.0. The highest BCUT2D eigenvalue weighted by Gasteiger charge is 2.22. The van der Waals surface area contributed by atoms with Gasteiger partial charge in [-0.2, -0.15) is 0 Å². The smallest absolute Gasteiger partial charge is 0.255 e. The zero-order chi connectivity index (χ0) is 25.8. The predicted octanol–water partition coefficient (Wildman–Crippen LogP) is 2.28. The molecule has 3 rings (SSSR count). The summed E-state index contributed by atoms with van der Waals surface area (Å²) in [5.41, 5.74) is 11.2. The lowest BCUT2D eigenvalue weighted by molar-refractivity contribution is 0.0994. The van der Waals surface area contributed by atoms with Gasteiger partial charge in [0.15, 0.2) is 0 Å². The van der Waals surface area contributed by atoms with Crippen LogP contribution in [0.2, 0.25) is 5.02 Å². The predicted molar refractivity (Wildman–Crippen MR) is 130 cm³/mol. The molecule has 0 aromatic heterocycles. The van der Waals surface area contributed by atoms with Crippen molar-refractivity contribution in [3.8, 4) is 5.75 Å². The van der Waals surface area contributed by atoms with E-state index in [1.165, 1.54) is 37.4 Å². The van der Waals surface area contributed by atoms with Gasteiger partial charge in [0.2, 0.25) is 21.8 Å². The van der Waals surface area contributed by atoms with Crippen molar-refractivity contribution in [2.24, 2.45) is 11.5 Å². The van der Waals surface area contributed by atoms with Crippen molar-refractivity contribution in [1.29, 1.82) is 0 Å². The summed E-state index contributed by atoms with van der Waals surface area (Å²) in [6.07, 6.45) is 0. The molecule has 182 valence electrons. The number of hydrogen-bond donors (Lipinski definition) is 4. The maximum atomic E-state index is 13.0. The van der Waals surface area contributed by atoms with Crippen LogP contribution in [0.3, 0.4) is 0 Å². The van der Waals surface area contributed by atoms with Crippen LogP contribution in [-0.4, -0.2) is 33.2 Å². The Bertz CT molecular complexity index is 1380. The molecular formula is C23H21ClN4O6S. The van der Waals surface area contributed by atoms with E-state index in [2.05, 4.69) is 10.0 Å². The van der Waals surface area contributed by atoms with Crippen molar-refractivity contribution in [2.75, 3.05) is 12.4 Å². The summed E-state index contributed by atoms with van der Waals surface area (Å²) in [7, 11) is -2.79. The van der Waals surface area contributed by atoms with Gasteiger partial charge in [-0.1, -0.05) is 23.7 Å². The fourth-order valence-electron chi connectivity index (χ4n) is 3.07. The van der Waals surface area contributed by atoms with Gasteiger partial charge in [0.25, 0.3) is 5.91 Å². The standard InChI is InChI=1S/C23H21ClN4O6S/c1-34-19-7-4-14(11-20(19)35(32,33)27-12-13-2-5-17(24)6-3-13)23(31)28-18-9-15(21(25)29)8-16(10-18)22(26)30/h2-11,27H,12H2,1H3,(H2,25,29)(H2,26,30)(H,28,31). The third kappa shape index (κ3) is 6.35. The Morgan fingerprint density at radius 2 is 1.49 bits per heavy atom. The number of amides is 3. The summed E-state index contributed by atoms with van der Waals surface area (Å²) in [4.78, 5) is 35.7. The molecule has 0 saturated carbocycles. The molecule has 0 aliphatic heterocycles. The topological polar surface area (TPSA) is 171 Å². The molecule has 0 saturated heterocycles. The van der Waals surface area contributed by atoms with Gasteiger partial charge in [-0.25, -0.2) is 13.1 Å². The molecule has 0 radical (unpaired) electrons. The molecule has 0 spiro atoms. The van der Waals surface area contributed by atoms with Crippen molar-refractivity contribution in [1.82, 2.24) is 4.72 Å². The van der Waals surface area contributed by atoms with E-state index >= 15 is 0 Å². The number of halogens is 1. The Kier molecular flexibility index (Phi) is 7.75. The van der Waals surface area contributed by atoms with E-state index in [4.69, 9.17) is 27.8 Å². The SMILES string of the molecule is COc1ccc(C(=O)Nc2cc(C(N)=O)cc(C(N)=O)c2)cc1S(=O)(=O)NCc1ccc(Cl)cc1. The molecule has 12 heteroatoms. The van der Waals surface area contributed by atoms with E-state index in [1.54, 1.807) is 24.3 Å². The van der Waals surface area contributed by atoms with Crippen LogP contribution in [0.15, 0.2) is 65.6 Å². The quantitative estimate of drug-likeness (QED) is 0.340. The van der Waals surface area contributed by atoms with Crippen LogP contribution in [-0.2, 0) is 16.6 Å². The van der Waals surface area contributed by atoms with Crippen molar-refractivity contribution in [3.05, 3.63) is 87.9 Å². The first-order valence-corrected chi connectivity index (χ1v) is 11.8. The molecule has 0 bridgehead atoms. The Balaban J connectivity index is 1.89. The number of nitrogens with one attached hydrogen (secondary N) is 2. The average Bonchev–Trinajstić information content (AvgIpc) is 2.83. The summed E-state index contributed by atoms with van der Waals surface area (Å²) < 4.78 is 33.6. The van der Waals surface area contributed by atoms with Crippen molar-refractivity contribution >= 4 is 45.0 Å². The molecule has 0 heterocycles. The number of sulfonamides is 1. The first-order valence-electron chi connectivity index (χ1n) is 9.98. The molecular weight excluding hydrogens is 496 g/mol. The number of rotatable bonds is 9. The van der Waals surface area contributed by atoms with Gasteiger partial charge >= 0.3 is 0 Å². The summed E-state index contributed by atoms with van der Waals surface area (Å²) in [6.45, 7) is -0.0190. The minimum Gasteiger partial charge on any atom is -0.495 e. The molecule has 0 unspecified atom stereocenters. The fourth-order valence-corrected chi connectivity index (χ4v) is 4.41. The Morgan fingerprint density at radius 3 is 2.03 bits per heavy atom. The molecule has 3 aromatic carbocycles. The maximum absolute atomic E-state index is 13.0. The van der Waals surface area contributed by atoms with Gasteiger partial charge in [0, 0.05) is 33.9 Å². The van der Waals surface area contributed by atoms with Crippen LogP contribution in [0, 0.1) is 0 Å². The van der Waals surface area contributed by atoms with E-state index in [9.17, 15) is 22.8 Å². The first kappa shape index (κ1) is 25.7. The van der Waals surface area contributed by atoms with Crippen LogP contribution < -0.4 is 26.2 Å². The van der Waals surface area contributed by atoms with E-state index in [1.807, 2.05) is 0 Å². The number of benzene rings is 3. The minimum absolute atomic E-state index is 0.0190. The van der Waals surface area contributed by atoms with E-state index < -0.39 is 27.7 Å². The number of carbonyl (C=O) groups is 3. The second-order valence-electron chi connectivity index (χ2n) is 7.30. The van der Waals surface area contributed by atoms with E-state index in [0.29, 0.717) is 10.6 Å². The summed E-state index contributed by atoms with van der Waals surface area (Å²) >= 11 is 5.85. The maximum Gasteiger partial charge on any atom is 0.255 e. The third-order valence-corrected chi connectivity index (χ3v) is 6.53. The summed E-state index contributed by atoms with van der Waals surface area (Å²) in [5.74, 6) is -2.34. The lowest BCUT2D eigenvalue weighted by atomic mass is 10.1. The number of methoxy groups -OCH3 is 1. The first-order chi connectivity index (χ1) is 16.5. The number of ether oxygens (including phenoxy) is 1. The number of hydrogen-bond acceptors (Lipinski definition) is 6. The molecule has 0 aliphatic rings. The van der Waals surface area contributed by atoms with Gasteiger partial charge in [-0.3, -0.25) is 14.4 Å². The van der Waals surface area contributed by atoms with E-state index in [0.717, 1.165) is 6.07 Å². The molecule has 3 amide bonds. The number of nitrogens with two attached hydrogens (primary N) is 2. The second-order valence-corrected chi connectivity index (χ2v) is 9.47. The van der Waals surface area contributed by atoms with Crippen LogP contribution in [0.1, 0.15) is 36.6 Å². The van der Waals surface area contributed by atoms with Gasteiger partial charge in [0.1, 0.15) is 10.6 Å². The number of carbonyl (C=O) groups excluding carboxylic acids is 3. The highest BCUT2D eigenvalue weighted by molar-refractivity contribution is 7.89. The fraction of sp³-hybridized carbons (Fsp3) is 0.0870. The zero-order valence-electron chi connectivity index (χ0n) is 18.4. The molecule has 6 N–H and O–H groups in total. The third-order valence-electron chi connectivity index (χ3n) is 4.85. The second kappa shape index (κ2) is 10.6. The molecule has 0 atom stereocenters. The largest absolute Gasteiger partial charge is 0.495 e. The molecule has 0 aliphatic carbocycles. The van der Waals surface area contributed by atoms with Gasteiger partial charge in [0.05, 0.1) is 7.11 Å². The summed E-state index contributed by atoms with van der Waals surface area (Å²) in [6, 6.07) is 14.2. The lowest BCUT2D eigenvalue weighted by Crippen LogP contribution is -2.24. The number of anilines is 1. The van der Waals surface area contributed by atoms with Crippen molar-refractivity contribution in [2.45, 2.75) is 11.4 Å². The average molecular weight is 517 g/mol. The lowest BCUT2D eigenvalue weighted by Gasteiger charge is -2.13. The Morgan fingerprint density at radius 1 is 0.886 bits per heavy atom. The van der Waals surface area contributed by atoms with Gasteiger partial charge in [-0.05, 0) is 54.1 Å². The zero-order valence-corrected chi connectivity index (χ0v) is 19.9. The van der Waals surface area contributed by atoms with Crippen LogP contribution in [0.4, 0.5) is 5.69 Å². The van der Waals surface area contributed by atoms with Gasteiger partial charge in [-0.15, -0.1) is 0 Å². The van der Waals surface area contributed by atoms with Crippen molar-refractivity contribution in [3.63, 3.8) is 0 Å². The minimum atomic E-state index is -4.09. The molecule has 35 heavy (non-hydrogen) atoms. The highest BCUT2D eigenvalue weighted by atomic mass is 35.5. The Hall–Kier alpha value is -3.93. The van der Waals surface area contributed by atoms with Crippen LogP contribution in [0.5, 0.6) is 5.75 Å². The van der Waals surface area contributed by atoms with Crippen LogP contribution in [0.25, 0.3) is 0 Å². The van der Waals surface area contributed by atoms with Crippen LogP contribution >= 0.6 is 11.6 Å². The number of primary amides is 2. The Labute approximate surface area is 206 Å². The van der Waals surface area contributed by atoms with Gasteiger partial charge < -0.3 is 21.5 Å². The molecule has 3 aromatic rings. The van der Waals surface area contributed by atoms with Crippen molar-refractivity contribution < 1.29 is 27.5 Å². The highest BCUT2D eigenvalue weighted by Crippen LogP contribution is 2.26. The molecule has 0 fully saturated rings. The molecule has 10 nitrogen and oxygen atoms in total. The summed E-state index contributed by atoms with van der Waals surface area (Å²) in [5, 5.41) is 3.02. The monoisotopic (exact) mass is 516 g/mol.